The van der Waals surface area contributed by atoms with Crippen molar-refractivity contribution in [2.75, 3.05) is 6.61 Å². The van der Waals surface area contributed by atoms with Crippen molar-refractivity contribution in [3.05, 3.63) is 56.1 Å². The maximum atomic E-state index is 12.2. The number of nitro groups is 2. The number of hydrogen-bond donors (Lipinski definition) is 1. The molecule has 0 aromatic heterocycles. The molecule has 5 atom stereocenters. The molecular weight excluding hydrogens is 416 g/mol. The first-order chi connectivity index (χ1) is 14.4. The Balaban J connectivity index is 2.45. The molecule has 0 saturated heterocycles. The standard InChI is InChI=1S/C22H36N2O6Si/c1-14(2)31(15(3)4,16(5)6)30-13-18-12-19(25)22(24(28)29)20(21(18)23(26)27)17-10-8-7-9-11-17/h7-11,14-16,18-22,25H,12-13H2,1-6H3/t18-,19+,20+,21+,22+/m0/s1. The van der Waals surface area contributed by atoms with Crippen molar-refractivity contribution in [2.24, 2.45) is 5.92 Å². The highest BCUT2D eigenvalue weighted by atomic mass is 28.4. The van der Waals surface area contributed by atoms with Gasteiger partial charge in [0.1, 0.15) is 12.0 Å². The molecule has 31 heavy (non-hydrogen) atoms. The van der Waals surface area contributed by atoms with Crippen molar-refractivity contribution in [1.29, 1.82) is 0 Å². The number of nitrogens with zero attached hydrogens (tertiary/aromatic N) is 2. The molecule has 1 aliphatic carbocycles. The molecule has 1 fully saturated rings. The lowest BCUT2D eigenvalue weighted by Gasteiger charge is -2.44. The molecule has 0 heterocycles. The minimum Gasteiger partial charge on any atom is -0.415 e. The van der Waals surface area contributed by atoms with E-state index in [1.807, 2.05) is 0 Å². The predicted molar refractivity (Wildman–Crippen MR) is 122 cm³/mol. The van der Waals surface area contributed by atoms with Gasteiger partial charge in [-0.15, -0.1) is 0 Å². The summed E-state index contributed by atoms with van der Waals surface area (Å²) in [5.74, 6) is -1.62. The SMILES string of the molecule is CC(C)[Si](OC[C@@H]1C[C@@H](O)[C@@H]([N+](=O)[O-])[C@H](c2ccccc2)[C@@H]1[N+](=O)[O-])(C(C)C)C(C)C. The van der Waals surface area contributed by atoms with Gasteiger partial charge in [-0.05, 0) is 28.6 Å². The zero-order valence-corrected chi connectivity index (χ0v) is 20.3. The summed E-state index contributed by atoms with van der Waals surface area (Å²) in [4.78, 5) is 23.0. The Morgan fingerprint density at radius 1 is 0.968 bits per heavy atom. The molecule has 0 spiro atoms. The zero-order chi connectivity index (χ0) is 23.5. The van der Waals surface area contributed by atoms with E-state index in [1.54, 1.807) is 30.3 Å². The molecule has 2 rings (SSSR count). The molecule has 1 aliphatic rings. The van der Waals surface area contributed by atoms with Crippen LogP contribution in [0, 0.1) is 26.1 Å². The summed E-state index contributed by atoms with van der Waals surface area (Å²) in [5.41, 5.74) is 1.44. The fourth-order valence-corrected chi connectivity index (χ4v) is 11.4. The van der Waals surface area contributed by atoms with Crippen LogP contribution < -0.4 is 0 Å². The Morgan fingerprint density at radius 3 is 1.87 bits per heavy atom. The Kier molecular flexibility index (Phi) is 8.35. The fraction of sp³-hybridized carbons (Fsp3) is 0.727. The van der Waals surface area contributed by atoms with E-state index in [2.05, 4.69) is 41.5 Å². The van der Waals surface area contributed by atoms with Crippen molar-refractivity contribution < 1.29 is 19.4 Å². The third-order valence-electron chi connectivity index (χ3n) is 7.08. The van der Waals surface area contributed by atoms with Gasteiger partial charge < -0.3 is 9.53 Å². The second-order valence-corrected chi connectivity index (χ2v) is 15.1. The van der Waals surface area contributed by atoms with Gasteiger partial charge in [-0.2, -0.15) is 0 Å². The van der Waals surface area contributed by atoms with E-state index in [9.17, 15) is 25.3 Å². The van der Waals surface area contributed by atoms with Crippen LogP contribution in [0.2, 0.25) is 16.6 Å². The highest BCUT2D eigenvalue weighted by Gasteiger charge is 2.58. The van der Waals surface area contributed by atoms with E-state index in [1.165, 1.54) is 0 Å². The number of benzene rings is 1. The van der Waals surface area contributed by atoms with Crippen LogP contribution in [0.4, 0.5) is 0 Å². The zero-order valence-electron chi connectivity index (χ0n) is 19.3. The second kappa shape index (κ2) is 10.2. The van der Waals surface area contributed by atoms with Gasteiger partial charge in [0.05, 0.1) is 5.92 Å². The summed E-state index contributed by atoms with van der Waals surface area (Å²) < 4.78 is 6.62. The minimum absolute atomic E-state index is 0.0145. The first-order valence-electron chi connectivity index (χ1n) is 11.1. The van der Waals surface area contributed by atoms with Crippen LogP contribution in [0.1, 0.15) is 59.4 Å². The van der Waals surface area contributed by atoms with Gasteiger partial charge >= 0.3 is 0 Å². The third kappa shape index (κ3) is 4.99. The quantitative estimate of drug-likeness (QED) is 0.332. The Morgan fingerprint density at radius 2 is 1.45 bits per heavy atom. The fourth-order valence-electron chi connectivity index (χ4n) is 5.89. The Labute approximate surface area is 185 Å². The van der Waals surface area contributed by atoms with Crippen LogP contribution in [-0.2, 0) is 4.43 Å². The number of aliphatic hydroxyl groups excluding tert-OH is 1. The molecule has 0 aliphatic heterocycles. The van der Waals surface area contributed by atoms with Gasteiger partial charge in [0.2, 0.25) is 6.04 Å². The van der Waals surface area contributed by atoms with Gasteiger partial charge in [0.15, 0.2) is 8.32 Å². The highest BCUT2D eigenvalue weighted by Crippen LogP contribution is 2.45. The van der Waals surface area contributed by atoms with E-state index in [-0.39, 0.29) is 13.0 Å². The summed E-state index contributed by atoms with van der Waals surface area (Å²) in [6, 6.07) is 5.91. The third-order valence-corrected chi connectivity index (χ3v) is 13.2. The van der Waals surface area contributed by atoms with Crippen LogP contribution in [0.5, 0.6) is 0 Å². The summed E-state index contributed by atoms with van der Waals surface area (Å²) in [6.07, 6.45) is -1.28. The van der Waals surface area contributed by atoms with E-state index >= 15 is 0 Å². The molecule has 1 saturated carbocycles. The maximum Gasteiger partial charge on any atom is 0.251 e. The van der Waals surface area contributed by atoms with Crippen LogP contribution in [0.3, 0.4) is 0 Å². The molecule has 1 N–H and O–H groups in total. The molecule has 0 radical (unpaired) electrons. The van der Waals surface area contributed by atoms with Gasteiger partial charge in [0.25, 0.3) is 6.04 Å². The van der Waals surface area contributed by atoms with E-state index in [0.29, 0.717) is 22.2 Å². The van der Waals surface area contributed by atoms with Crippen molar-refractivity contribution in [2.45, 2.75) is 88.7 Å². The predicted octanol–water partition coefficient (Wildman–Crippen LogP) is 4.63. The Bertz CT molecular complexity index is 736. The molecule has 0 amide bonds. The average Bonchev–Trinajstić information content (AvgIpc) is 2.67. The molecule has 9 heteroatoms. The molecule has 0 unspecified atom stereocenters. The summed E-state index contributed by atoms with van der Waals surface area (Å²) in [6.45, 7) is 13.0. The van der Waals surface area contributed by atoms with Crippen LogP contribution >= 0.6 is 0 Å². The average molecular weight is 453 g/mol. The maximum absolute atomic E-state index is 12.2. The Hall–Kier alpha value is -1.84. The molecular formula is C22H36N2O6Si. The van der Waals surface area contributed by atoms with Crippen LogP contribution in [-0.4, -0.2) is 48.1 Å². The second-order valence-electron chi connectivity index (χ2n) is 9.68. The van der Waals surface area contributed by atoms with Gasteiger partial charge in [-0.25, -0.2) is 0 Å². The molecule has 1 aromatic rings. The highest BCUT2D eigenvalue weighted by molar-refractivity contribution is 6.77. The smallest absolute Gasteiger partial charge is 0.251 e. The summed E-state index contributed by atoms with van der Waals surface area (Å²) >= 11 is 0. The van der Waals surface area contributed by atoms with E-state index < -0.39 is 48.2 Å². The largest absolute Gasteiger partial charge is 0.415 e. The summed E-state index contributed by atoms with van der Waals surface area (Å²) in [7, 11) is -2.28. The molecule has 1 aromatic carbocycles. The summed E-state index contributed by atoms with van der Waals surface area (Å²) in [5, 5.41) is 34.7. The number of aliphatic hydroxyl groups is 1. The number of hydrogen-bond acceptors (Lipinski definition) is 6. The van der Waals surface area contributed by atoms with Crippen molar-refractivity contribution in [3.63, 3.8) is 0 Å². The first-order valence-corrected chi connectivity index (χ1v) is 13.2. The van der Waals surface area contributed by atoms with Gasteiger partial charge in [-0.3, -0.25) is 20.2 Å². The van der Waals surface area contributed by atoms with Crippen LogP contribution in [0.25, 0.3) is 0 Å². The lowest BCUT2D eigenvalue weighted by molar-refractivity contribution is -0.588. The van der Waals surface area contributed by atoms with Crippen molar-refractivity contribution >= 4 is 8.32 Å². The van der Waals surface area contributed by atoms with Crippen molar-refractivity contribution in [3.8, 4) is 0 Å². The lowest BCUT2D eigenvalue weighted by atomic mass is 9.70. The van der Waals surface area contributed by atoms with E-state index in [4.69, 9.17) is 4.43 Å². The molecule has 8 nitrogen and oxygen atoms in total. The molecule has 174 valence electrons. The van der Waals surface area contributed by atoms with Gasteiger partial charge in [0, 0.05) is 16.5 Å². The number of rotatable bonds is 9. The van der Waals surface area contributed by atoms with E-state index in [0.717, 1.165) is 0 Å². The monoisotopic (exact) mass is 452 g/mol. The van der Waals surface area contributed by atoms with Crippen LogP contribution in [0.15, 0.2) is 30.3 Å². The topological polar surface area (TPSA) is 116 Å². The first kappa shape index (κ1) is 25.4. The molecule has 0 bridgehead atoms. The normalized spacial score (nSPS) is 27.1. The van der Waals surface area contributed by atoms with Gasteiger partial charge in [-0.1, -0.05) is 71.9 Å². The minimum atomic E-state index is -2.28. The lowest BCUT2D eigenvalue weighted by Crippen LogP contribution is -2.57. The van der Waals surface area contributed by atoms with Crippen molar-refractivity contribution in [1.82, 2.24) is 0 Å².